The number of carboxylic acids is 1. The molecule has 0 saturated heterocycles. The highest BCUT2D eigenvalue weighted by Crippen LogP contribution is 2.21. The van der Waals surface area contributed by atoms with Gasteiger partial charge < -0.3 is 15.2 Å². The van der Waals surface area contributed by atoms with Crippen LogP contribution in [0.4, 0.5) is 0 Å². The number of nitrogens with one attached hydrogen (secondary N) is 1. The number of fused-ring (bicyclic) bond motifs is 1. The van der Waals surface area contributed by atoms with E-state index in [-0.39, 0.29) is 13.0 Å². The molecule has 0 fully saturated rings. The van der Waals surface area contributed by atoms with E-state index in [4.69, 9.17) is 4.74 Å². The van der Waals surface area contributed by atoms with Crippen LogP contribution >= 0.6 is 0 Å². The molecule has 0 spiro atoms. The van der Waals surface area contributed by atoms with E-state index in [9.17, 15) is 14.7 Å². The first-order valence-electron chi connectivity index (χ1n) is 8.43. The van der Waals surface area contributed by atoms with E-state index in [1.165, 1.54) is 17.8 Å². The maximum Gasteiger partial charge on any atom is 0.308 e. The Labute approximate surface area is 155 Å². The predicted octanol–water partition coefficient (Wildman–Crippen LogP) is 1.72. The normalized spacial score (nSPS) is 11.9. The van der Waals surface area contributed by atoms with E-state index in [0.717, 1.165) is 11.3 Å². The first-order chi connectivity index (χ1) is 13.0. The summed E-state index contributed by atoms with van der Waals surface area (Å²) in [4.78, 5) is 28.5. The van der Waals surface area contributed by atoms with Crippen LogP contribution in [0.25, 0.3) is 5.65 Å². The van der Waals surface area contributed by atoms with Crippen molar-refractivity contribution < 1.29 is 19.4 Å². The summed E-state index contributed by atoms with van der Waals surface area (Å²) in [5.41, 5.74) is 2.27. The number of aryl methyl sites for hydroxylation is 1. The van der Waals surface area contributed by atoms with Crippen molar-refractivity contribution in [2.24, 2.45) is 5.92 Å². The first-order valence-corrected chi connectivity index (χ1v) is 8.43. The molecule has 8 heteroatoms. The molecule has 0 aliphatic rings. The molecule has 1 amide bonds. The number of ether oxygens (including phenoxy) is 1. The molecule has 0 radical (unpaired) electrons. The van der Waals surface area contributed by atoms with E-state index in [1.54, 1.807) is 18.3 Å². The van der Waals surface area contributed by atoms with Crippen molar-refractivity contribution in [1.29, 1.82) is 0 Å². The van der Waals surface area contributed by atoms with Crippen LogP contribution < -0.4 is 10.1 Å². The number of aromatic nitrogens is 3. The van der Waals surface area contributed by atoms with Crippen LogP contribution in [0, 0.1) is 12.8 Å². The molecule has 3 aromatic rings. The Bertz CT molecular complexity index is 983. The number of aliphatic carboxylic acids is 1. The molecule has 0 saturated carbocycles. The molecule has 27 heavy (non-hydrogen) atoms. The van der Waals surface area contributed by atoms with E-state index >= 15 is 0 Å². The van der Waals surface area contributed by atoms with Crippen molar-refractivity contribution in [2.75, 3.05) is 13.7 Å². The average Bonchev–Trinajstić information content (AvgIpc) is 3.08. The second kappa shape index (κ2) is 7.86. The Morgan fingerprint density at radius 1 is 1.30 bits per heavy atom. The van der Waals surface area contributed by atoms with Crippen molar-refractivity contribution in [3.05, 3.63) is 59.5 Å². The number of para-hydroxylation sites is 1. The molecule has 0 aliphatic heterocycles. The van der Waals surface area contributed by atoms with Gasteiger partial charge in [-0.25, -0.2) is 9.50 Å². The summed E-state index contributed by atoms with van der Waals surface area (Å²) in [6.07, 6.45) is 3.38. The van der Waals surface area contributed by atoms with E-state index in [0.29, 0.717) is 17.0 Å². The highest BCUT2D eigenvalue weighted by atomic mass is 16.5. The highest BCUT2D eigenvalue weighted by molar-refractivity contribution is 5.99. The maximum atomic E-state index is 12.5. The number of carboxylic acid groups (broad SMARTS) is 1. The number of hydrogen-bond acceptors (Lipinski definition) is 5. The Kier molecular flexibility index (Phi) is 5.35. The third kappa shape index (κ3) is 4.05. The van der Waals surface area contributed by atoms with Crippen LogP contribution in [0.3, 0.4) is 0 Å². The second-order valence-corrected chi connectivity index (χ2v) is 6.16. The number of carbonyl (C=O) groups is 2. The van der Waals surface area contributed by atoms with Gasteiger partial charge in [-0.2, -0.15) is 5.10 Å². The first kappa shape index (κ1) is 18.4. The van der Waals surface area contributed by atoms with Gasteiger partial charge in [0.25, 0.3) is 5.91 Å². The van der Waals surface area contributed by atoms with E-state index < -0.39 is 17.8 Å². The third-order valence-electron chi connectivity index (χ3n) is 4.27. The van der Waals surface area contributed by atoms with Crippen LogP contribution in [-0.2, 0) is 11.2 Å². The van der Waals surface area contributed by atoms with Gasteiger partial charge in [0.1, 0.15) is 11.3 Å². The van der Waals surface area contributed by atoms with Gasteiger partial charge in [-0.15, -0.1) is 0 Å². The van der Waals surface area contributed by atoms with Gasteiger partial charge >= 0.3 is 5.97 Å². The van der Waals surface area contributed by atoms with Crippen LogP contribution in [0.5, 0.6) is 5.75 Å². The molecule has 0 aliphatic carbocycles. The Morgan fingerprint density at radius 3 is 2.81 bits per heavy atom. The van der Waals surface area contributed by atoms with Crippen LogP contribution in [-0.4, -0.2) is 45.2 Å². The number of carbonyl (C=O) groups excluding carboxylic acids is 1. The lowest BCUT2D eigenvalue weighted by Gasteiger charge is -2.15. The lowest BCUT2D eigenvalue weighted by molar-refractivity contribution is -0.141. The third-order valence-corrected chi connectivity index (χ3v) is 4.27. The molecule has 3 rings (SSSR count). The Morgan fingerprint density at radius 2 is 2.07 bits per heavy atom. The molecule has 1 unspecified atom stereocenters. The Balaban J connectivity index is 1.73. The molecule has 0 bridgehead atoms. The fraction of sp³-hybridized carbons (Fsp3) is 0.263. The summed E-state index contributed by atoms with van der Waals surface area (Å²) >= 11 is 0. The lowest BCUT2D eigenvalue weighted by Crippen LogP contribution is -2.34. The SMILES string of the molecule is COc1ccccc1CC(CNC(=O)c1cnn2ccc(C)nc12)C(=O)O. The standard InChI is InChI=1S/C19H20N4O4/c1-12-7-8-23-17(22-12)15(11-21-23)18(24)20-10-14(19(25)26)9-13-5-3-4-6-16(13)27-2/h3-8,11,14H,9-10H2,1-2H3,(H,20,24)(H,25,26). The molecular weight excluding hydrogens is 348 g/mol. The molecule has 2 aromatic heterocycles. The topological polar surface area (TPSA) is 106 Å². The summed E-state index contributed by atoms with van der Waals surface area (Å²) in [7, 11) is 1.54. The highest BCUT2D eigenvalue weighted by Gasteiger charge is 2.22. The fourth-order valence-electron chi connectivity index (χ4n) is 2.81. The largest absolute Gasteiger partial charge is 0.496 e. The molecule has 1 aromatic carbocycles. The lowest BCUT2D eigenvalue weighted by atomic mass is 9.98. The number of benzene rings is 1. The molecule has 2 heterocycles. The van der Waals surface area contributed by atoms with Gasteiger partial charge in [-0.05, 0) is 31.0 Å². The van der Waals surface area contributed by atoms with E-state index in [1.807, 2.05) is 25.1 Å². The molecule has 1 atom stereocenters. The number of amides is 1. The van der Waals surface area contributed by atoms with Gasteiger partial charge in [-0.3, -0.25) is 9.59 Å². The predicted molar refractivity (Wildman–Crippen MR) is 97.9 cm³/mol. The molecular formula is C19H20N4O4. The van der Waals surface area contributed by atoms with Gasteiger partial charge in [0.2, 0.25) is 0 Å². The number of rotatable bonds is 7. The van der Waals surface area contributed by atoms with Crippen molar-refractivity contribution in [3.63, 3.8) is 0 Å². The van der Waals surface area contributed by atoms with Gasteiger partial charge in [-0.1, -0.05) is 18.2 Å². The number of methoxy groups -OCH3 is 1. The van der Waals surface area contributed by atoms with Crippen molar-refractivity contribution in [2.45, 2.75) is 13.3 Å². The minimum Gasteiger partial charge on any atom is -0.496 e. The average molecular weight is 368 g/mol. The van der Waals surface area contributed by atoms with E-state index in [2.05, 4.69) is 15.4 Å². The summed E-state index contributed by atoms with van der Waals surface area (Å²) in [5.74, 6) is -1.57. The van der Waals surface area contributed by atoms with Gasteiger partial charge in [0.05, 0.1) is 19.2 Å². The molecule has 140 valence electrons. The second-order valence-electron chi connectivity index (χ2n) is 6.16. The van der Waals surface area contributed by atoms with Crippen LogP contribution in [0.1, 0.15) is 21.6 Å². The Hall–Kier alpha value is -3.42. The van der Waals surface area contributed by atoms with Crippen molar-refractivity contribution in [1.82, 2.24) is 19.9 Å². The summed E-state index contributed by atoms with van der Waals surface area (Å²) < 4.78 is 6.78. The van der Waals surface area contributed by atoms with Crippen molar-refractivity contribution >= 4 is 17.5 Å². The zero-order chi connectivity index (χ0) is 19.4. The number of hydrogen-bond donors (Lipinski definition) is 2. The number of nitrogens with zero attached hydrogens (tertiary/aromatic N) is 3. The monoisotopic (exact) mass is 368 g/mol. The smallest absolute Gasteiger partial charge is 0.308 e. The molecule has 2 N–H and O–H groups in total. The van der Waals surface area contributed by atoms with Crippen LogP contribution in [0.2, 0.25) is 0 Å². The van der Waals surface area contributed by atoms with Crippen LogP contribution in [0.15, 0.2) is 42.7 Å². The summed E-state index contributed by atoms with van der Waals surface area (Å²) in [6, 6.07) is 9.02. The van der Waals surface area contributed by atoms with Gasteiger partial charge in [0.15, 0.2) is 5.65 Å². The molecule has 8 nitrogen and oxygen atoms in total. The summed E-state index contributed by atoms with van der Waals surface area (Å²) in [5, 5.41) is 16.3. The quantitative estimate of drug-likeness (QED) is 0.658. The summed E-state index contributed by atoms with van der Waals surface area (Å²) in [6.45, 7) is 1.80. The minimum atomic E-state index is -0.991. The zero-order valence-corrected chi connectivity index (χ0v) is 15.0. The van der Waals surface area contributed by atoms with Crippen molar-refractivity contribution in [3.8, 4) is 5.75 Å². The van der Waals surface area contributed by atoms with Gasteiger partial charge in [0, 0.05) is 18.4 Å². The minimum absolute atomic E-state index is 0.0185. The fourth-order valence-corrected chi connectivity index (χ4v) is 2.81. The zero-order valence-electron chi connectivity index (χ0n) is 15.0. The maximum absolute atomic E-state index is 12.5.